The molecule has 0 bridgehead atoms. The zero-order chi connectivity index (χ0) is 28.4. The molecule has 3 aromatic rings. The normalized spacial score (nSPS) is 20.6. The summed E-state index contributed by atoms with van der Waals surface area (Å²) < 4.78 is 63.0. The molecule has 0 saturated carbocycles. The number of ether oxygens (including phenoxy) is 2. The Bertz CT molecular complexity index is 1550. The molecule has 0 unspecified atom stereocenters. The zero-order valence-electron chi connectivity index (χ0n) is 22.4. The smallest absolute Gasteiger partial charge is 0.244 e. The van der Waals surface area contributed by atoms with E-state index in [-0.39, 0.29) is 28.9 Å². The number of nitrogens with zero attached hydrogens (tertiary/aromatic N) is 2. The number of hydrogen-bond acceptors (Lipinski definition) is 9. The minimum atomic E-state index is -3.65. The summed E-state index contributed by atoms with van der Waals surface area (Å²) >= 11 is 0. The van der Waals surface area contributed by atoms with Crippen LogP contribution < -0.4 is 10.1 Å². The van der Waals surface area contributed by atoms with Crippen molar-refractivity contribution in [2.24, 2.45) is 0 Å². The second-order valence-electron chi connectivity index (χ2n) is 10.8. The number of benzene rings is 2. The lowest BCUT2D eigenvalue weighted by atomic mass is 9.88. The highest BCUT2D eigenvalue weighted by atomic mass is 32.2. The maximum absolute atomic E-state index is 13.3. The van der Waals surface area contributed by atoms with Crippen LogP contribution in [0, 0.1) is 0 Å². The van der Waals surface area contributed by atoms with Crippen molar-refractivity contribution in [1.29, 1.82) is 0 Å². The van der Waals surface area contributed by atoms with Gasteiger partial charge in [0.2, 0.25) is 10.0 Å². The molecule has 0 aliphatic carbocycles. The molecule has 12 heteroatoms. The number of para-hydroxylation sites is 1. The molecule has 0 radical (unpaired) electrons. The Morgan fingerprint density at radius 3 is 2.67 bits per heavy atom. The third-order valence-electron chi connectivity index (χ3n) is 7.46. The van der Waals surface area contributed by atoms with Crippen LogP contribution in [-0.2, 0) is 30.4 Å². The topological polar surface area (TPSA) is 135 Å². The first kappa shape index (κ1) is 28.9. The SMILES string of the molecule is CS(=O)(=O)Cc1cccc(OC[C@@H](O)CN[C@H]2COC3(CCN(S(=O)(=O)c4cnc5ccccc5c4)CC3)C2)c1. The molecule has 1 aromatic heterocycles. The van der Waals surface area contributed by atoms with E-state index in [4.69, 9.17) is 9.47 Å². The Morgan fingerprint density at radius 2 is 1.90 bits per heavy atom. The molecular weight excluding hydrogens is 554 g/mol. The number of aliphatic hydroxyl groups excluding tert-OH is 1. The molecule has 216 valence electrons. The Kier molecular flexibility index (Phi) is 8.46. The standard InChI is InChI=1S/C28H35N3O7S2/c1-39(33,34)20-21-5-4-7-25(13-21)37-19-24(32)16-29-23-15-28(38-18-23)9-11-31(12-10-28)40(35,36)26-14-22-6-2-3-8-27(22)30-17-26/h2-8,13-14,17,23-24,29,32H,9-12,15-16,18-20H2,1H3/t23-,24+/m1/s1. The summed E-state index contributed by atoms with van der Waals surface area (Å²) in [6, 6.07) is 16.0. The van der Waals surface area contributed by atoms with Gasteiger partial charge in [0, 0.05) is 43.5 Å². The number of aromatic nitrogens is 1. The van der Waals surface area contributed by atoms with E-state index in [0.717, 1.165) is 17.3 Å². The molecule has 1 spiro atoms. The molecule has 0 amide bonds. The average Bonchev–Trinajstić information content (AvgIpc) is 3.32. The number of sulfonamides is 1. The quantitative estimate of drug-likeness (QED) is 0.365. The van der Waals surface area contributed by atoms with E-state index in [0.29, 0.717) is 50.4 Å². The molecule has 2 saturated heterocycles. The van der Waals surface area contributed by atoms with Crippen molar-refractivity contribution in [2.75, 3.05) is 39.1 Å². The Hall–Kier alpha value is -2.61. The number of hydrogen-bond donors (Lipinski definition) is 2. The number of sulfone groups is 1. The van der Waals surface area contributed by atoms with Crippen molar-refractivity contribution in [1.82, 2.24) is 14.6 Å². The van der Waals surface area contributed by atoms with Crippen molar-refractivity contribution < 1.29 is 31.4 Å². The van der Waals surface area contributed by atoms with Crippen LogP contribution in [0.1, 0.15) is 24.8 Å². The summed E-state index contributed by atoms with van der Waals surface area (Å²) in [5.41, 5.74) is 1.01. The summed E-state index contributed by atoms with van der Waals surface area (Å²) in [5, 5.41) is 14.6. The molecule has 10 nitrogen and oxygen atoms in total. The van der Waals surface area contributed by atoms with Gasteiger partial charge in [-0.05, 0) is 49.1 Å². The van der Waals surface area contributed by atoms with Gasteiger partial charge in [0.05, 0.1) is 23.5 Å². The maximum atomic E-state index is 13.3. The summed E-state index contributed by atoms with van der Waals surface area (Å²) in [4.78, 5) is 4.52. The van der Waals surface area contributed by atoms with E-state index in [1.807, 2.05) is 24.3 Å². The lowest BCUT2D eigenvalue weighted by molar-refractivity contribution is -0.0312. The monoisotopic (exact) mass is 589 g/mol. The second kappa shape index (κ2) is 11.7. The van der Waals surface area contributed by atoms with Crippen molar-refractivity contribution in [2.45, 2.75) is 47.7 Å². The highest BCUT2D eigenvalue weighted by Gasteiger charge is 2.44. The lowest BCUT2D eigenvalue weighted by Gasteiger charge is -2.38. The van der Waals surface area contributed by atoms with E-state index in [1.165, 1.54) is 16.8 Å². The van der Waals surface area contributed by atoms with Gasteiger partial charge < -0.3 is 19.9 Å². The molecule has 3 heterocycles. The minimum absolute atomic E-state index is 0.0422. The van der Waals surface area contributed by atoms with Gasteiger partial charge in [-0.2, -0.15) is 4.31 Å². The van der Waals surface area contributed by atoms with Gasteiger partial charge in [-0.25, -0.2) is 16.8 Å². The number of rotatable bonds is 10. The van der Waals surface area contributed by atoms with Crippen molar-refractivity contribution in [3.63, 3.8) is 0 Å². The summed E-state index contributed by atoms with van der Waals surface area (Å²) in [6.45, 7) is 1.60. The summed E-state index contributed by atoms with van der Waals surface area (Å²) in [5.74, 6) is 0.437. The van der Waals surface area contributed by atoms with Gasteiger partial charge in [-0.1, -0.05) is 30.3 Å². The van der Waals surface area contributed by atoms with Crippen molar-refractivity contribution >= 4 is 30.8 Å². The molecule has 2 N–H and O–H groups in total. The predicted molar refractivity (Wildman–Crippen MR) is 151 cm³/mol. The molecule has 2 atom stereocenters. The first-order valence-electron chi connectivity index (χ1n) is 13.3. The van der Waals surface area contributed by atoms with Gasteiger partial charge in [0.1, 0.15) is 23.4 Å². The van der Waals surface area contributed by atoms with Crippen LogP contribution in [0.25, 0.3) is 10.9 Å². The first-order valence-corrected chi connectivity index (χ1v) is 16.8. The molecule has 2 aliphatic rings. The minimum Gasteiger partial charge on any atom is -0.491 e. The van der Waals surface area contributed by atoms with Gasteiger partial charge in [0.15, 0.2) is 9.84 Å². The first-order chi connectivity index (χ1) is 19.0. The maximum Gasteiger partial charge on any atom is 0.244 e. The Labute approximate surface area is 235 Å². The molecule has 5 rings (SSSR count). The fourth-order valence-corrected chi connectivity index (χ4v) is 7.59. The highest BCUT2D eigenvalue weighted by Crippen LogP contribution is 2.37. The number of piperidine rings is 1. The fourth-order valence-electron chi connectivity index (χ4n) is 5.38. The molecule has 40 heavy (non-hydrogen) atoms. The number of aliphatic hydroxyl groups is 1. The van der Waals surface area contributed by atoms with E-state index < -0.39 is 26.0 Å². The van der Waals surface area contributed by atoms with Gasteiger partial charge >= 0.3 is 0 Å². The van der Waals surface area contributed by atoms with Gasteiger partial charge in [-0.15, -0.1) is 0 Å². The number of nitrogens with one attached hydrogen (secondary N) is 1. The Balaban J connectivity index is 1.08. The van der Waals surface area contributed by atoms with Crippen LogP contribution in [0.5, 0.6) is 5.75 Å². The van der Waals surface area contributed by atoms with Crippen LogP contribution in [0.15, 0.2) is 65.7 Å². The molecule has 2 aromatic carbocycles. The summed E-state index contributed by atoms with van der Waals surface area (Å²) in [7, 11) is -6.80. The number of fused-ring (bicyclic) bond motifs is 1. The van der Waals surface area contributed by atoms with Crippen molar-refractivity contribution in [3.05, 3.63) is 66.4 Å². The van der Waals surface area contributed by atoms with E-state index in [9.17, 15) is 21.9 Å². The third kappa shape index (κ3) is 6.99. The lowest BCUT2D eigenvalue weighted by Crippen LogP contribution is -2.47. The van der Waals surface area contributed by atoms with Crippen LogP contribution in [-0.4, -0.2) is 88.1 Å². The van der Waals surface area contributed by atoms with E-state index in [1.54, 1.807) is 30.3 Å². The van der Waals surface area contributed by atoms with Gasteiger partial charge in [-0.3, -0.25) is 4.98 Å². The van der Waals surface area contributed by atoms with E-state index >= 15 is 0 Å². The second-order valence-corrected chi connectivity index (χ2v) is 14.8. The Morgan fingerprint density at radius 1 is 1.12 bits per heavy atom. The van der Waals surface area contributed by atoms with Crippen LogP contribution >= 0.6 is 0 Å². The molecule has 2 aliphatic heterocycles. The number of pyridine rings is 1. The van der Waals surface area contributed by atoms with Crippen molar-refractivity contribution in [3.8, 4) is 5.75 Å². The van der Waals surface area contributed by atoms with Crippen LogP contribution in [0.4, 0.5) is 0 Å². The highest BCUT2D eigenvalue weighted by molar-refractivity contribution is 7.90. The predicted octanol–water partition coefficient (Wildman–Crippen LogP) is 2.12. The van der Waals surface area contributed by atoms with Crippen LogP contribution in [0.3, 0.4) is 0 Å². The largest absolute Gasteiger partial charge is 0.491 e. The molecular formula is C28H35N3O7S2. The average molecular weight is 590 g/mol. The molecule has 2 fully saturated rings. The van der Waals surface area contributed by atoms with E-state index in [2.05, 4.69) is 10.3 Å². The zero-order valence-corrected chi connectivity index (χ0v) is 24.0. The van der Waals surface area contributed by atoms with Crippen LogP contribution in [0.2, 0.25) is 0 Å². The fraction of sp³-hybridized carbons (Fsp3) is 0.464. The summed E-state index contributed by atoms with van der Waals surface area (Å²) in [6.07, 6.45) is 3.77. The third-order valence-corrected chi connectivity index (χ3v) is 10.2. The van der Waals surface area contributed by atoms with Gasteiger partial charge in [0.25, 0.3) is 0 Å².